The number of hydrogen-bond acceptors (Lipinski definition) is 4. The van der Waals surface area contributed by atoms with Crippen molar-refractivity contribution in [2.24, 2.45) is 5.92 Å². The van der Waals surface area contributed by atoms with Gasteiger partial charge in [0, 0.05) is 22.6 Å². The molecule has 1 amide bonds. The Balaban J connectivity index is 1.79. The van der Waals surface area contributed by atoms with Gasteiger partial charge in [0.05, 0.1) is 9.82 Å². The third kappa shape index (κ3) is 4.86. The number of nitro benzene ring substituents is 1. The molecule has 2 atom stereocenters. The molecular formula is C20H21FN2O3S. The molecule has 0 bridgehead atoms. The van der Waals surface area contributed by atoms with Crippen LogP contribution in [0.1, 0.15) is 43.0 Å². The number of nitrogens with zero attached hydrogens (tertiary/aromatic N) is 1. The van der Waals surface area contributed by atoms with Crippen LogP contribution in [0.25, 0.3) is 0 Å². The lowest BCUT2D eigenvalue weighted by molar-refractivity contribution is -0.387. The van der Waals surface area contributed by atoms with E-state index in [0.29, 0.717) is 15.7 Å². The minimum absolute atomic E-state index is 0.110. The van der Waals surface area contributed by atoms with Crippen LogP contribution in [0.3, 0.4) is 0 Å². The van der Waals surface area contributed by atoms with Gasteiger partial charge in [-0.1, -0.05) is 31.5 Å². The molecule has 2 aromatic carbocycles. The topological polar surface area (TPSA) is 72.2 Å². The Bertz CT molecular complexity index is 842. The van der Waals surface area contributed by atoms with Gasteiger partial charge < -0.3 is 5.32 Å². The summed E-state index contributed by atoms with van der Waals surface area (Å²) in [6.45, 7) is 2.12. The Labute approximate surface area is 161 Å². The molecule has 7 heteroatoms. The Morgan fingerprint density at radius 3 is 2.56 bits per heavy atom. The number of nitrogens with one attached hydrogen (secondary N) is 1. The molecule has 5 nitrogen and oxygen atoms in total. The van der Waals surface area contributed by atoms with E-state index < -0.39 is 4.92 Å². The molecule has 1 aliphatic rings. The van der Waals surface area contributed by atoms with Gasteiger partial charge in [-0.05, 0) is 55.2 Å². The zero-order chi connectivity index (χ0) is 19.4. The Kier molecular flexibility index (Phi) is 6.11. The lowest BCUT2D eigenvalue weighted by Gasteiger charge is -2.29. The minimum atomic E-state index is -0.494. The molecular weight excluding hydrogens is 367 g/mol. The summed E-state index contributed by atoms with van der Waals surface area (Å²) in [7, 11) is 0. The monoisotopic (exact) mass is 388 g/mol. The second-order valence-electron chi connectivity index (χ2n) is 6.84. The van der Waals surface area contributed by atoms with Crippen LogP contribution >= 0.6 is 11.8 Å². The number of hydrogen-bond donors (Lipinski definition) is 1. The fraction of sp³-hybridized carbons (Fsp3) is 0.350. The third-order valence-electron chi connectivity index (χ3n) is 4.89. The molecule has 1 fully saturated rings. The van der Waals surface area contributed by atoms with Gasteiger partial charge in [0.1, 0.15) is 5.82 Å². The van der Waals surface area contributed by atoms with E-state index in [-0.39, 0.29) is 29.0 Å². The second kappa shape index (κ2) is 8.52. The van der Waals surface area contributed by atoms with Gasteiger partial charge in [-0.2, -0.15) is 0 Å². The van der Waals surface area contributed by atoms with E-state index in [1.807, 2.05) is 0 Å². The van der Waals surface area contributed by atoms with Crippen molar-refractivity contribution in [3.63, 3.8) is 0 Å². The highest BCUT2D eigenvalue weighted by molar-refractivity contribution is 7.99. The van der Waals surface area contributed by atoms with E-state index in [1.165, 1.54) is 36.4 Å². The number of carbonyl (C=O) groups is 1. The molecule has 27 heavy (non-hydrogen) atoms. The van der Waals surface area contributed by atoms with Crippen LogP contribution in [0.2, 0.25) is 0 Å². The molecule has 0 saturated heterocycles. The largest absolute Gasteiger partial charge is 0.349 e. The van der Waals surface area contributed by atoms with Crippen molar-refractivity contribution < 1.29 is 14.1 Å². The van der Waals surface area contributed by atoms with Gasteiger partial charge in [-0.25, -0.2) is 4.39 Å². The highest BCUT2D eigenvalue weighted by Crippen LogP contribution is 2.35. The van der Waals surface area contributed by atoms with Crippen molar-refractivity contribution in [1.29, 1.82) is 0 Å². The van der Waals surface area contributed by atoms with Crippen LogP contribution in [0, 0.1) is 21.8 Å². The first kappa shape index (κ1) is 19.4. The van der Waals surface area contributed by atoms with Crippen LogP contribution in [0.15, 0.2) is 52.3 Å². The summed E-state index contributed by atoms with van der Waals surface area (Å²) in [5.41, 5.74) is 0.150. The number of amides is 1. The van der Waals surface area contributed by atoms with Crippen LogP contribution in [0.4, 0.5) is 10.1 Å². The Morgan fingerprint density at radius 1 is 1.19 bits per heavy atom. The van der Waals surface area contributed by atoms with Crippen LogP contribution in [-0.2, 0) is 0 Å². The Morgan fingerprint density at radius 2 is 1.89 bits per heavy atom. The van der Waals surface area contributed by atoms with Crippen molar-refractivity contribution in [1.82, 2.24) is 5.32 Å². The van der Waals surface area contributed by atoms with Crippen LogP contribution < -0.4 is 5.32 Å². The van der Waals surface area contributed by atoms with Gasteiger partial charge in [-0.15, -0.1) is 0 Å². The molecule has 142 valence electrons. The lowest BCUT2D eigenvalue weighted by atomic mass is 9.86. The summed E-state index contributed by atoms with van der Waals surface area (Å²) in [4.78, 5) is 24.6. The number of carbonyl (C=O) groups excluding carboxylic acids is 1. The molecule has 0 aromatic heterocycles. The van der Waals surface area contributed by atoms with Crippen molar-refractivity contribution in [2.45, 2.75) is 48.4 Å². The summed E-state index contributed by atoms with van der Waals surface area (Å²) in [5.74, 6) is -0.237. The van der Waals surface area contributed by atoms with E-state index in [1.54, 1.807) is 24.3 Å². The number of halogens is 1. The number of nitro groups is 1. The molecule has 0 unspecified atom stereocenters. The summed E-state index contributed by atoms with van der Waals surface area (Å²) in [6, 6.07) is 10.3. The van der Waals surface area contributed by atoms with E-state index in [0.717, 1.165) is 19.3 Å². The van der Waals surface area contributed by atoms with Crippen LogP contribution in [-0.4, -0.2) is 16.9 Å². The van der Waals surface area contributed by atoms with Crippen molar-refractivity contribution in [3.8, 4) is 0 Å². The summed E-state index contributed by atoms with van der Waals surface area (Å²) in [5, 5.41) is 14.5. The quantitative estimate of drug-likeness (QED) is 0.565. The normalized spacial score (nSPS) is 19.5. The zero-order valence-corrected chi connectivity index (χ0v) is 15.8. The SMILES string of the molecule is C[C@H]1CCCC[C@@H]1NC(=O)c1ccc(Sc2ccc(F)cc2)c([N+](=O)[O-])c1. The first-order valence-electron chi connectivity index (χ1n) is 8.97. The molecule has 0 radical (unpaired) electrons. The van der Waals surface area contributed by atoms with E-state index in [4.69, 9.17) is 0 Å². The molecule has 3 rings (SSSR count). The maximum atomic E-state index is 13.0. The first-order valence-corrected chi connectivity index (χ1v) is 9.78. The maximum absolute atomic E-state index is 13.0. The third-order valence-corrected chi connectivity index (χ3v) is 5.96. The molecule has 1 saturated carbocycles. The predicted octanol–water partition coefficient (Wildman–Crippen LogP) is 5.19. The summed E-state index contributed by atoms with van der Waals surface area (Å²) >= 11 is 1.17. The van der Waals surface area contributed by atoms with Crippen molar-refractivity contribution >= 4 is 23.4 Å². The van der Waals surface area contributed by atoms with Crippen LogP contribution in [0.5, 0.6) is 0 Å². The van der Waals surface area contributed by atoms with Gasteiger partial charge in [0.25, 0.3) is 11.6 Å². The van der Waals surface area contributed by atoms with E-state index in [9.17, 15) is 19.3 Å². The molecule has 1 N–H and O–H groups in total. The average Bonchev–Trinajstić information content (AvgIpc) is 2.65. The maximum Gasteiger partial charge on any atom is 0.284 e. The highest BCUT2D eigenvalue weighted by Gasteiger charge is 2.25. The molecule has 2 aromatic rings. The molecule has 0 heterocycles. The number of rotatable bonds is 5. The van der Waals surface area contributed by atoms with Gasteiger partial charge in [-0.3, -0.25) is 14.9 Å². The van der Waals surface area contributed by atoms with Crippen molar-refractivity contribution in [2.75, 3.05) is 0 Å². The van der Waals surface area contributed by atoms with E-state index in [2.05, 4.69) is 12.2 Å². The zero-order valence-electron chi connectivity index (χ0n) is 15.0. The minimum Gasteiger partial charge on any atom is -0.349 e. The summed E-state index contributed by atoms with van der Waals surface area (Å²) < 4.78 is 13.0. The first-order chi connectivity index (χ1) is 12.9. The molecule has 1 aliphatic carbocycles. The van der Waals surface area contributed by atoms with E-state index >= 15 is 0 Å². The Hall–Kier alpha value is -2.41. The fourth-order valence-electron chi connectivity index (χ4n) is 3.30. The van der Waals surface area contributed by atoms with Gasteiger partial charge in [0.15, 0.2) is 0 Å². The highest BCUT2D eigenvalue weighted by atomic mass is 32.2. The fourth-order valence-corrected chi connectivity index (χ4v) is 4.20. The molecule has 0 aliphatic heterocycles. The standard InChI is InChI=1S/C20H21FN2O3S/c1-13-4-2-3-5-17(13)22-20(24)14-6-11-19(18(12-14)23(25)26)27-16-9-7-15(21)8-10-16/h6-13,17H,2-5H2,1H3,(H,22,24)/t13-,17-/m0/s1. The molecule has 0 spiro atoms. The van der Waals surface area contributed by atoms with Gasteiger partial charge >= 0.3 is 0 Å². The van der Waals surface area contributed by atoms with Crippen molar-refractivity contribution in [3.05, 3.63) is 64.0 Å². The lowest BCUT2D eigenvalue weighted by Crippen LogP contribution is -2.41. The summed E-state index contributed by atoms with van der Waals surface area (Å²) in [6.07, 6.45) is 4.28. The predicted molar refractivity (Wildman–Crippen MR) is 103 cm³/mol. The average molecular weight is 388 g/mol. The number of benzene rings is 2. The van der Waals surface area contributed by atoms with Gasteiger partial charge in [0.2, 0.25) is 0 Å². The smallest absolute Gasteiger partial charge is 0.284 e. The second-order valence-corrected chi connectivity index (χ2v) is 7.95.